The number of hydrogen-bond donors (Lipinski definition) is 1. The fourth-order valence-electron chi connectivity index (χ4n) is 5.23. The van der Waals surface area contributed by atoms with Gasteiger partial charge in [-0.1, -0.05) is 87.0 Å². The fourth-order valence-corrected chi connectivity index (χ4v) is 5.23. The SMILES string of the molecule is CC(c1ccccc1)c1ccccc1.CCC1CC(Oc2ccc(C)c(C(=O)N(C=O)C3CCC(=O)NC3=O)c2)C1. The minimum absolute atomic E-state index is 0.0937. The number of nitrogens with zero attached hydrogens (tertiary/aromatic N) is 1. The van der Waals surface area contributed by atoms with E-state index in [-0.39, 0.29) is 18.9 Å². The predicted octanol–water partition coefficient (Wildman–Crippen LogP) is 5.80. The van der Waals surface area contributed by atoms with E-state index in [1.54, 1.807) is 19.1 Å². The van der Waals surface area contributed by atoms with Crippen LogP contribution in [0.4, 0.5) is 0 Å². The smallest absolute Gasteiger partial charge is 0.261 e. The molecule has 1 heterocycles. The van der Waals surface area contributed by atoms with Crippen molar-refractivity contribution < 1.29 is 23.9 Å². The lowest BCUT2D eigenvalue weighted by Crippen LogP contribution is -2.53. The molecule has 1 atom stereocenters. The van der Waals surface area contributed by atoms with Crippen molar-refractivity contribution >= 4 is 24.1 Å². The molecule has 2 aliphatic rings. The standard InChI is InChI=1S/C20H24N2O5.C14H14/c1-3-13-8-15(9-13)27-14-5-4-12(2)16(10-14)20(26)22(11-23)17-6-7-18(24)21-19(17)25;1-12(13-8-4-2-5-9-13)14-10-6-3-7-11-14/h4-5,10-11,13,15,17H,3,6-9H2,1-2H3,(H,21,24,25);2-12H,1H3. The zero-order valence-electron chi connectivity index (χ0n) is 23.9. The number of benzene rings is 3. The Morgan fingerprint density at radius 2 is 1.61 bits per heavy atom. The minimum atomic E-state index is -0.978. The van der Waals surface area contributed by atoms with Crippen molar-refractivity contribution in [2.75, 3.05) is 0 Å². The van der Waals surface area contributed by atoms with Crippen molar-refractivity contribution in [3.8, 4) is 5.75 Å². The lowest BCUT2D eigenvalue weighted by Gasteiger charge is -2.35. The molecule has 1 unspecified atom stereocenters. The molecule has 1 aliphatic heterocycles. The van der Waals surface area contributed by atoms with Crippen LogP contribution < -0.4 is 10.1 Å². The topological polar surface area (TPSA) is 92.8 Å². The Bertz CT molecular complexity index is 1310. The summed E-state index contributed by atoms with van der Waals surface area (Å²) >= 11 is 0. The first-order valence-electron chi connectivity index (χ1n) is 14.3. The van der Waals surface area contributed by atoms with E-state index in [9.17, 15) is 19.2 Å². The molecule has 0 aromatic heterocycles. The second kappa shape index (κ2) is 13.9. The van der Waals surface area contributed by atoms with Gasteiger partial charge in [-0.15, -0.1) is 0 Å². The number of piperidine rings is 1. The predicted molar refractivity (Wildman–Crippen MR) is 157 cm³/mol. The molecule has 3 aromatic carbocycles. The highest BCUT2D eigenvalue weighted by molar-refractivity contribution is 6.07. The van der Waals surface area contributed by atoms with Gasteiger partial charge in [0.25, 0.3) is 5.91 Å². The Morgan fingerprint density at radius 3 is 2.15 bits per heavy atom. The highest BCUT2D eigenvalue weighted by atomic mass is 16.5. The van der Waals surface area contributed by atoms with Crippen LogP contribution >= 0.6 is 0 Å². The molecule has 7 nitrogen and oxygen atoms in total. The first kappa shape index (κ1) is 29.7. The summed E-state index contributed by atoms with van der Waals surface area (Å²) in [5, 5.41) is 2.17. The Balaban J connectivity index is 0.000000231. The molecule has 214 valence electrons. The van der Waals surface area contributed by atoms with E-state index in [0.717, 1.165) is 24.2 Å². The van der Waals surface area contributed by atoms with E-state index < -0.39 is 23.8 Å². The van der Waals surface area contributed by atoms with Crippen LogP contribution in [-0.2, 0) is 14.4 Å². The first-order chi connectivity index (χ1) is 19.8. The van der Waals surface area contributed by atoms with Gasteiger partial charge in [0, 0.05) is 17.9 Å². The maximum Gasteiger partial charge on any atom is 0.261 e. The second-order valence-corrected chi connectivity index (χ2v) is 10.8. The largest absolute Gasteiger partial charge is 0.490 e. The van der Waals surface area contributed by atoms with Crippen LogP contribution in [0.25, 0.3) is 0 Å². The molecule has 3 aromatic rings. The molecule has 0 spiro atoms. The Hall–Kier alpha value is -4.26. The van der Waals surface area contributed by atoms with Crippen LogP contribution in [0.2, 0.25) is 0 Å². The summed E-state index contributed by atoms with van der Waals surface area (Å²) in [6.45, 7) is 6.16. The van der Waals surface area contributed by atoms with Gasteiger partial charge in [-0.05, 0) is 60.9 Å². The molecule has 41 heavy (non-hydrogen) atoms. The van der Waals surface area contributed by atoms with Gasteiger partial charge in [-0.25, -0.2) is 0 Å². The average molecular weight is 555 g/mol. The van der Waals surface area contributed by atoms with E-state index in [0.29, 0.717) is 35.1 Å². The lowest BCUT2D eigenvalue weighted by atomic mass is 9.80. The third-order valence-corrected chi connectivity index (χ3v) is 8.01. The zero-order chi connectivity index (χ0) is 29.4. The maximum absolute atomic E-state index is 12.9. The summed E-state index contributed by atoms with van der Waals surface area (Å²) in [4.78, 5) is 48.7. The normalized spacial score (nSPS) is 19.8. The lowest BCUT2D eigenvalue weighted by molar-refractivity contribution is -0.139. The number of carbonyl (C=O) groups is 4. The second-order valence-electron chi connectivity index (χ2n) is 10.8. The van der Waals surface area contributed by atoms with Gasteiger partial charge in [-0.2, -0.15) is 0 Å². The Morgan fingerprint density at radius 1 is 1.00 bits per heavy atom. The summed E-state index contributed by atoms with van der Waals surface area (Å²) in [5.41, 5.74) is 3.75. The number of aryl methyl sites for hydroxylation is 1. The number of nitrogens with one attached hydrogen (secondary N) is 1. The summed E-state index contributed by atoms with van der Waals surface area (Å²) in [6, 6.07) is 25.4. The van der Waals surface area contributed by atoms with E-state index in [2.05, 4.69) is 79.8 Å². The van der Waals surface area contributed by atoms with Crippen LogP contribution in [0.15, 0.2) is 78.9 Å². The molecule has 0 radical (unpaired) electrons. The molecule has 7 heteroatoms. The van der Waals surface area contributed by atoms with E-state index in [1.165, 1.54) is 11.1 Å². The van der Waals surface area contributed by atoms with Crippen LogP contribution in [-0.4, -0.2) is 41.2 Å². The molecular formula is C34H38N2O5. The first-order valence-corrected chi connectivity index (χ1v) is 14.3. The number of imide groups is 2. The van der Waals surface area contributed by atoms with Crippen molar-refractivity contribution in [1.82, 2.24) is 10.2 Å². The molecule has 5 rings (SSSR count). The Kier molecular flexibility index (Phi) is 10.1. The number of ether oxygens (including phenoxy) is 1. The van der Waals surface area contributed by atoms with Crippen LogP contribution in [0.3, 0.4) is 0 Å². The molecule has 0 bridgehead atoms. The summed E-state index contributed by atoms with van der Waals surface area (Å²) in [7, 11) is 0. The Labute approximate surface area is 241 Å². The number of carbonyl (C=O) groups excluding carboxylic acids is 4. The highest BCUT2D eigenvalue weighted by Crippen LogP contribution is 2.34. The molecule has 1 aliphatic carbocycles. The summed E-state index contributed by atoms with van der Waals surface area (Å²) in [5.74, 6) is 0.168. The van der Waals surface area contributed by atoms with Crippen molar-refractivity contribution in [1.29, 1.82) is 0 Å². The average Bonchev–Trinajstić information content (AvgIpc) is 2.97. The molecule has 1 saturated heterocycles. The fraction of sp³-hybridized carbons (Fsp3) is 0.353. The van der Waals surface area contributed by atoms with Crippen LogP contribution in [0, 0.1) is 12.8 Å². The van der Waals surface area contributed by atoms with Gasteiger partial charge in [-0.3, -0.25) is 29.4 Å². The molecule has 1 saturated carbocycles. The monoisotopic (exact) mass is 554 g/mol. The highest BCUT2D eigenvalue weighted by Gasteiger charge is 2.35. The van der Waals surface area contributed by atoms with Gasteiger partial charge in [0.2, 0.25) is 18.2 Å². The van der Waals surface area contributed by atoms with Gasteiger partial charge in [0.1, 0.15) is 11.8 Å². The van der Waals surface area contributed by atoms with E-state index in [1.807, 2.05) is 6.07 Å². The van der Waals surface area contributed by atoms with Crippen molar-refractivity contribution in [3.63, 3.8) is 0 Å². The molecule has 1 N–H and O–H groups in total. The van der Waals surface area contributed by atoms with Crippen molar-refractivity contribution in [2.24, 2.45) is 5.92 Å². The van der Waals surface area contributed by atoms with Gasteiger partial charge in [0.05, 0.1) is 6.10 Å². The van der Waals surface area contributed by atoms with E-state index in [4.69, 9.17) is 4.74 Å². The maximum atomic E-state index is 12.9. The number of rotatable bonds is 8. The van der Waals surface area contributed by atoms with Gasteiger partial charge < -0.3 is 4.74 Å². The van der Waals surface area contributed by atoms with Crippen molar-refractivity contribution in [3.05, 3.63) is 101 Å². The third-order valence-electron chi connectivity index (χ3n) is 8.01. The molecule has 2 fully saturated rings. The zero-order valence-corrected chi connectivity index (χ0v) is 23.9. The van der Waals surface area contributed by atoms with Crippen LogP contribution in [0.1, 0.15) is 78.9 Å². The number of amides is 4. The van der Waals surface area contributed by atoms with Gasteiger partial charge in [0.15, 0.2) is 0 Å². The molecule has 4 amide bonds. The molecular weight excluding hydrogens is 516 g/mol. The van der Waals surface area contributed by atoms with E-state index >= 15 is 0 Å². The summed E-state index contributed by atoms with van der Waals surface area (Å²) in [6.07, 6.45) is 3.87. The third kappa shape index (κ3) is 7.48. The van der Waals surface area contributed by atoms with Crippen molar-refractivity contribution in [2.45, 2.75) is 70.9 Å². The minimum Gasteiger partial charge on any atom is -0.490 e. The van der Waals surface area contributed by atoms with Gasteiger partial charge >= 0.3 is 0 Å². The number of hydrogen-bond acceptors (Lipinski definition) is 5. The quantitative estimate of drug-likeness (QED) is 0.280. The van der Waals surface area contributed by atoms with Crippen LogP contribution in [0.5, 0.6) is 5.75 Å². The summed E-state index contributed by atoms with van der Waals surface area (Å²) < 4.78 is 5.94.